The van der Waals surface area contributed by atoms with Gasteiger partial charge < -0.3 is 4.74 Å². The number of aromatic nitrogens is 2. The van der Waals surface area contributed by atoms with Gasteiger partial charge in [0.2, 0.25) is 0 Å². The fourth-order valence-electron chi connectivity index (χ4n) is 1.79. The zero-order chi connectivity index (χ0) is 13.0. The van der Waals surface area contributed by atoms with Crippen molar-refractivity contribution in [3.63, 3.8) is 0 Å². The average Bonchev–Trinajstić information content (AvgIpc) is 2.46. The van der Waals surface area contributed by atoms with E-state index in [1.54, 1.807) is 13.3 Å². The molecule has 0 N–H and O–H groups in total. The molecule has 1 aromatic carbocycles. The van der Waals surface area contributed by atoms with E-state index in [1.165, 1.54) is 5.56 Å². The minimum Gasteiger partial charge on any atom is -0.496 e. The Bertz CT molecular complexity index is 543. The van der Waals surface area contributed by atoms with Crippen LogP contribution >= 0.6 is 11.6 Å². The Balaban J connectivity index is 2.53. The maximum Gasteiger partial charge on any atom is 0.143 e. The van der Waals surface area contributed by atoms with E-state index >= 15 is 0 Å². The van der Waals surface area contributed by atoms with Crippen LogP contribution < -0.4 is 4.74 Å². The molecule has 0 spiro atoms. The highest BCUT2D eigenvalue weighted by molar-refractivity contribution is 6.16. The third kappa shape index (κ3) is 2.62. The quantitative estimate of drug-likeness (QED) is 0.792. The van der Waals surface area contributed by atoms with Crippen LogP contribution in [0.5, 0.6) is 5.75 Å². The second-order valence-electron chi connectivity index (χ2n) is 3.88. The van der Waals surface area contributed by atoms with Crippen molar-refractivity contribution in [2.24, 2.45) is 0 Å². The van der Waals surface area contributed by atoms with E-state index in [-0.39, 0.29) is 0 Å². The molecular formula is C14H15ClN2O. The lowest BCUT2D eigenvalue weighted by Gasteiger charge is -2.10. The molecule has 0 aliphatic carbocycles. The molecule has 0 radical (unpaired) electrons. The first-order chi connectivity index (χ1) is 8.78. The van der Waals surface area contributed by atoms with Gasteiger partial charge in [-0.05, 0) is 30.2 Å². The van der Waals surface area contributed by atoms with Crippen molar-refractivity contribution in [3.8, 4) is 17.0 Å². The zero-order valence-corrected chi connectivity index (χ0v) is 11.2. The first-order valence-electron chi connectivity index (χ1n) is 5.83. The van der Waals surface area contributed by atoms with Crippen molar-refractivity contribution in [1.29, 1.82) is 0 Å². The van der Waals surface area contributed by atoms with Gasteiger partial charge in [-0.15, -0.1) is 11.6 Å². The molecule has 1 heterocycles. The molecule has 0 bridgehead atoms. The van der Waals surface area contributed by atoms with Gasteiger partial charge in [-0.1, -0.05) is 13.0 Å². The highest BCUT2D eigenvalue weighted by Crippen LogP contribution is 2.29. The number of alkyl halides is 1. The third-order valence-electron chi connectivity index (χ3n) is 2.77. The molecule has 18 heavy (non-hydrogen) atoms. The van der Waals surface area contributed by atoms with Crippen molar-refractivity contribution in [2.75, 3.05) is 7.11 Å². The van der Waals surface area contributed by atoms with Gasteiger partial charge in [0.25, 0.3) is 0 Å². The molecule has 0 atom stereocenters. The summed E-state index contributed by atoms with van der Waals surface area (Å²) in [5, 5.41) is 0. The summed E-state index contributed by atoms with van der Waals surface area (Å²) in [7, 11) is 1.66. The summed E-state index contributed by atoms with van der Waals surface area (Å²) in [4.78, 5) is 8.52. The van der Waals surface area contributed by atoms with E-state index in [2.05, 4.69) is 29.0 Å². The summed E-state index contributed by atoms with van der Waals surface area (Å²) in [5.74, 6) is 1.74. The van der Waals surface area contributed by atoms with Gasteiger partial charge in [-0.25, -0.2) is 9.97 Å². The molecule has 2 aromatic rings. The molecule has 0 unspecified atom stereocenters. The van der Waals surface area contributed by atoms with Crippen LogP contribution in [0.2, 0.25) is 0 Å². The predicted molar refractivity (Wildman–Crippen MR) is 73.0 cm³/mol. The standard InChI is InChI=1S/C14H15ClN2O/c1-3-10-4-5-13(18-2)11(8-10)12-6-7-16-14(9-15)17-12/h4-8H,3,9H2,1-2H3. The number of ether oxygens (including phenoxy) is 1. The van der Waals surface area contributed by atoms with Crippen LogP contribution in [0.4, 0.5) is 0 Å². The fourth-order valence-corrected chi connectivity index (χ4v) is 1.92. The molecule has 4 heteroatoms. The molecule has 0 fully saturated rings. The van der Waals surface area contributed by atoms with Gasteiger partial charge in [0.05, 0.1) is 18.7 Å². The van der Waals surface area contributed by atoms with Crippen molar-refractivity contribution in [2.45, 2.75) is 19.2 Å². The topological polar surface area (TPSA) is 35.0 Å². The van der Waals surface area contributed by atoms with Gasteiger partial charge in [-0.2, -0.15) is 0 Å². The summed E-state index contributed by atoms with van der Waals surface area (Å²) >= 11 is 5.76. The summed E-state index contributed by atoms with van der Waals surface area (Å²) in [6.45, 7) is 2.12. The molecule has 0 aliphatic rings. The number of rotatable bonds is 4. The summed E-state index contributed by atoms with van der Waals surface area (Å²) in [6, 6.07) is 8.00. The van der Waals surface area contributed by atoms with Gasteiger partial charge >= 0.3 is 0 Å². The van der Waals surface area contributed by atoms with Crippen molar-refractivity contribution in [1.82, 2.24) is 9.97 Å². The molecule has 0 saturated carbocycles. The zero-order valence-electron chi connectivity index (χ0n) is 10.5. The lowest BCUT2D eigenvalue weighted by atomic mass is 10.0. The van der Waals surface area contributed by atoms with Crippen LogP contribution in [0.25, 0.3) is 11.3 Å². The number of hydrogen-bond donors (Lipinski definition) is 0. The Morgan fingerprint density at radius 3 is 2.78 bits per heavy atom. The van der Waals surface area contributed by atoms with Crippen LogP contribution in [-0.4, -0.2) is 17.1 Å². The molecule has 1 aromatic heterocycles. The molecule has 3 nitrogen and oxygen atoms in total. The number of nitrogens with zero attached hydrogens (tertiary/aromatic N) is 2. The highest BCUT2D eigenvalue weighted by atomic mass is 35.5. The predicted octanol–water partition coefficient (Wildman–Crippen LogP) is 3.45. The van der Waals surface area contributed by atoms with E-state index in [9.17, 15) is 0 Å². The normalized spacial score (nSPS) is 10.4. The Labute approximate surface area is 112 Å². The van der Waals surface area contributed by atoms with E-state index in [0.29, 0.717) is 11.7 Å². The van der Waals surface area contributed by atoms with Crippen molar-refractivity contribution in [3.05, 3.63) is 41.9 Å². The molecule has 0 saturated heterocycles. The van der Waals surface area contributed by atoms with E-state index in [1.807, 2.05) is 12.1 Å². The Morgan fingerprint density at radius 2 is 2.11 bits per heavy atom. The monoisotopic (exact) mass is 262 g/mol. The Hall–Kier alpha value is -1.61. The van der Waals surface area contributed by atoms with E-state index < -0.39 is 0 Å². The van der Waals surface area contributed by atoms with E-state index in [4.69, 9.17) is 16.3 Å². The van der Waals surface area contributed by atoms with Crippen molar-refractivity contribution >= 4 is 11.6 Å². The average molecular weight is 263 g/mol. The number of halogens is 1. The SMILES string of the molecule is CCc1ccc(OC)c(-c2ccnc(CCl)n2)c1. The third-order valence-corrected chi connectivity index (χ3v) is 3.01. The van der Waals surface area contributed by atoms with Crippen molar-refractivity contribution < 1.29 is 4.74 Å². The van der Waals surface area contributed by atoms with E-state index in [0.717, 1.165) is 23.4 Å². The minimum atomic E-state index is 0.309. The smallest absolute Gasteiger partial charge is 0.143 e. The van der Waals surface area contributed by atoms with Crippen LogP contribution in [0.3, 0.4) is 0 Å². The molecular weight excluding hydrogens is 248 g/mol. The lowest BCUT2D eigenvalue weighted by Crippen LogP contribution is -1.96. The first-order valence-corrected chi connectivity index (χ1v) is 6.37. The molecule has 94 valence electrons. The maximum absolute atomic E-state index is 5.76. The Morgan fingerprint density at radius 1 is 1.28 bits per heavy atom. The summed E-state index contributed by atoms with van der Waals surface area (Å²) in [5.41, 5.74) is 3.07. The van der Waals surface area contributed by atoms with Crippen LogP contribution in [-0.2, 0) is 12.3 Å². The number of aryl methyl sites for hydroxylation is 1. The molecule has 0 amide bonds. The largest absolute Gasteiger partial charge is 0.496 e. The number of benzene rings is 1. The number of hydrogen-bond acceptors (Lipinski definition) is 3. The highest BCUT2D eigenvalue weighted by Gasteiger charge is 2.09. The van der Waals surface area contributed by atoms with Crippen LogP contribution in [0.1, 0.15) is 18.3 Å². The second kappa shape index (κ2) is 5.83. The molecule has 0 aliphatic heterocycles. The minimum absolute atomic E-state index is 0.309. The lowest BCUT2D eigenvalue weighted by molar-refractivity contribution is 0.416. The second-order valence-corrected chi connectivity index (χ2v) is 4.15. The molecule has 2 rings (SSSR count). The van der Waals surface area contributed by atoms with Gasteiger partial charge in [0.1, 0.15) is 11.6 Å². The summed E-state index contributed by atoms with van der Waals surface area (Å²) < 4.78 is 5.38. The van der Waals surface area contributed by atoms with Crippen LogP contribution in [0.15, 0.2) is 30.5 Å². The fraction of sp³-hybridized carbons (Fsp3) is 0.286. The van der Waals surface area contributed by atoms with Gasteiger partial charge in [0, 0.05) is 11.8 Å². The Kier molecular flexibility index (Phi) is 4.15. The first kappa shape index (κ1) is 12.8. The van der Waals surface area contributed by atoms with Crippen LogP contribution in [0, 0.1) is 0 Å². The van der Waals surface area contributed by atoms with Gasteiger partial charge in [0.15, 0.2) is 0 Å². The number of methoxy groups -OCH3 is 1. The van der Waals surface area contributed by atoms with Gasteiger partial charge in [-0.3, -0.25) is 0 Å². The summed E-state index contributed by atoms with van der Waals surface area (Å²) in [6.07, 6.45) is 2.70. The maximum atomic E-state index is 5.76.